The summed E-state index contributed by atoms with van der Waals surface area (Å²) in [6.45, 7) is 0. The maximum Gasteiger partial charge on any atom is 0.142 e. The van der Waals surface area contributed by atoms with Gasteiger partial charge in [0.15, 0.2) is 0 Å². The van der Waals surface area contributed by atoms with E-state index in [0.717, 1.165) is 15.2 Å². The quantitative estimate of drug-likeness (QED) is 0.453. The van der Waals surface area contributed by atoms with Gasteiger partial charge in [0.2, 0.25) is 0 Å². The number of ether oxygens (including phenoxy) is 1. The number of halogens is 3. The molecule has 3 aromatic rings. The summed E-state index contributed by atoms with van der Waals surface area (Å²) in [7, 11) is 0. The zero-order valence-electron chi connectivity index (χ0n) is 10.9. The molecule has 0 saturated heterocycles. The molecule has 0 aliphatic carbocycles. The highest BCUT2D eigenvalue weighted by Gasteiger charge is 2.12. The molecular formula is C17H11Br2FO. The lowest BCUT2D eigenvalue weighted by Gasteiger charge is -2.13. The average molecular weight is 410 g/mol. The van der Waals surface area contributed by atoms with Gasteiger partial charge in [0.1, 0.15) is 17.3 Å². The molecule has 0 saturated carbocycles. The predicted octanol–water partition coefficient (Wildman–Crippen LogP) is 6.43. The molecule has 0 bridgehead atoms. The van der Waals surface area contributed by atoms with Crippen LogP contribution in [0.1, 0.15) is 5.56 Å². The fourth-order valence-electron chi connectivity index (χ4n) is 2.18. The number of hydrogen-bond donors (Lipinski definition) is 0. The zero-order chi connectivity index (χ0) is 14.8. The number of rotatable bonds is 3. The Balaban J connectivity index is 2.07. The molecule has 0 atom stereocenters. The largest absolute Gasteiger partial charge is 0.456 e. The lowest BCUT2D eigenvalue weighted by atomic mass is 10.1. The fourth-order valence-corrected chi connectivity index (χ4v) is 3.29. The fraction of sp³-hybridized carbons (Fsp3) is 0.0588. The van der Waals surface area contributed by atoms with Crippen molar-refractivity contribution < 1.29 is 9.13 Å². The van der Waals surface area contributed by atoms with Gasteiger partial charge in [0.05, 0.1) is 4.47 Å². The van der Waals surface area contributed by atoms with E-state index in [1.807, 2.05) is 36.4 Å². The Kier molecular flexibility index (Phi) is 4.27. The van der Waals surface area contributed by atoms with E-state index >= 15 is 0 Å². The average Bonchev–Trinajstić information content (AvgIpc) is 2.50. The van der Waals surface area contributed by atoms with Crippen molar-refractivity contribution in [1.29, 1.82) is 0 Å². The maximum atomic E-state index is 13.8. The van der Waals surface area contributed by atoms with Gasteiger partial charge in [0.25, 0.3) is 0 Å². The van der Waals surface area contributed by atoms with Crippen LogP contribution < -0.4 is 4.74 Å². The van der Waals surface area contributed by atoms with Gasteiger partial charge in [0, 0.05) is 10.9 Å². The summed E-state index contributed by atoms with van der Waals surface area (Å²) in [5.41, 5.74) is 0.512. The molecule has 0 heterocycles. The smallest absolute Gasteiger partial charge is 0.142 e. The summed E-state index contributed by atoms with van der Waals surface area (Å²) in [6, 6.07) is 16.7. The normalized spacial score (nSPS) is 10.8. The minimum Gasteiger partial charge on any atom is -0.456 e. The molecule has 0 aliphatic heterocycles. The molecule has 4 heteroatoms. The van der Waals surface area contributed by atoms with Crippen LogP contribution in [0.3, 0.4) is 0 Å². The molecule has 21 heavy (non-hydrogen) atoms. The van der Waals surface area contributed by atoms with Gasteiger partial charge in [-0.3, -0.25) is 0 Å². The number of fused-ring (bicyclic) bond motifs is 1. The number of hydrogen-bond acceptors (Lipinski definition) is 1. The van der Waals surface area contributed by atoms with Crippen molar-refractivity contribution in [2.45, 2.75) is 5.33 Å². The molecule has 0 fully saturated rings. The third-order valence-electron chi connectivity index (χ3n) is 3.26. The van der Waals surface area contributed by atoms with Crippen LogP contribution in [0.25, 0.3) is 10.8 Å². The molecule has 1 nitrogen and oxygen atoms in total. The highest BCUT2D eigenvalue weighted by atomic mass is 79.9. The second-order valence-corrected chi connectivity index (χ2v) is 5.90. The van der Waals surface area contributed by atoms with Crippen molar-refractivity contribution in [2.75, 3.05) is 0 Å². The number of benzene rings is 3. The Hall–Kier alpha value is -1.39. The Morgan fingerprint density at radius 1 is 0.905 bits per heavy atom. The maximum absolute atomic E-state index is 13.8. The lowest BCUT2D eigenvalue weighted by Crippen LogP contribution is -1.94. The highest BCUT2D eigenvalue weighted by molar-refractivity contribution is 9.10. The van der Waals surface area contributed by atoms with Crippen LogP contribution in [0.15, 0.2) is 59.1 Å². The topological polar surface area (TPSA) is 9.23 Å². The third-order valence-corrected chi connectivity index (χ3v) is 4.64. The van der Waals surface area contributed by atoms with E-state index in [-0.39, 0.29) is 5.82 Å². The zero-order valence-corrected chi connectivity index (χ0v) is 14.1. The van der Waals surface area contributed by atoms with E-state index in [1.165, 1.54) is 6.07 Å². The first-order valence-corrected chi connectivity index (χ1v) is 8.30. The van der Waals surface area contributed by atoms with Gasteiger partial charge in [-0.2, -0.15) is 0 Å². The van der Waals surface area contributed by atoms with Crippen LogP contribution in [0.5, 0.6) is 11.5 Å². The molecule has 3 rings (SSSR count). The molecule has 0 N–H and O–H groups in total. The van der Waals surface area contributed by atoms with E-state index in [0.29, 0.717) is 22.4 Å². The monoisotopic (exact) mass is 408 g/mol. The first-order valence-electron chi connectivity index (χ1n) is 6.39. The van der Waals surface area contributed by atoms with Gasteiger partial charge < -0.3 is 4.74 Å². The second kappa shape index (κ2) is 6.16. The van der Waals surface area contributed by atoms with Crippen LogP contribution in [0, 0.1) is 5.82 Å². The van der Waals surface area contributed by atoms with Crippen molar-refractivity contribution in [1.82, 2.24) is 0 Å². The highest BCUT2D eigenvalue weighted by Crippen LogP contribution is 2.37. The van der Waals surface area contributed by atoms with Gasteiger partial charge in [-0.15, -0.1) is 0 Å². The Bertz CT molecular complexity index is 802. The summed E-state index contributed by atoms with van der Waals surface area (Å²) < 4.78 is 20.6. The molecule has 0 unspecified atom stereocenters. The second-order valence-electron chi connectivity index (χ2n) is 4.55. The molecule has 0 aliphatic rings. The van der Waals surface area contributed by atoms with Crippen molar-refractivity contribution in [3.63, 3.8) is 0 Å². The summed E-state index contributed by atoms with van der Waals surface area (Å²) in [4.78, 5) is 0. The molecule has 0 radical (unpaired) electrons. The van der Waals surface area contributed by atoms with Gasteiger partial charge in [-0.25, -0.2) is 4.39 Å². The van der Waals surface area contributed by atoms with Gasteiger partial charge in [-0.1, -0.05) is 52.3 Å². The van der Waals surface area contributed by atoms with Crippen LogP contribution in [0.2, 0.25) is 0 Å². The van der Waals surface area contributed by atoms with Crippen LogP contribution >= 0.6 is 31.9 Å². The summed E-state index contributed by atoms with van der Waals surface area (Å²) in [5, 5.41) is 2.59. The first-order chi connectivity index (χ1) is 10.2. The van der Waals surface area contributed by atoms with Gasteiger partial charge in [-0.05, 0) is 44.9 Å². The van der Waals surface area contributed by atoms with Gasteiger partial charge >= 0.3 is 0 Å². The molecule has 106 valence electrons. The summed E-state index contributed by atoms with van der Waals surface area (Å²) in [5.74, 6) is 0.908. The number of alkyl halides is 1. The Labute approximate surface area is 139 Å². The molecular weight excluding hydrogens is 399 g/mol. The van der Waals surface area contributed by atoms with Crippen molar-refractivity contribution in [3.05, 3.63) is 70.5 Å². The molecule has 3 aromatic carbocycles. The van der Waals surface area contributed by atoms with E-state index in [4.69, 9.17) is 4.74 Å². The molecule has 0 aromatic heterocycles. The van der Waals surface area contributed by atoms with Crippen molar-refractivity contribution in [3.8, 4) is 11.5 Å². The SMILES string of the molecule is Fc1cccc(Oc2ccc3ccccc3c2Br)c1CBr. The Morgan fingerprint density at radius 3 is 2.52 bits per heavy atom. The lowest BCUT2D eigenvalue weighted by molar-refractivity contribution is 0.469. The first kappa shape index (κ1) is 14.5. The van der Waals surface area contributed by atoms with E-state index in [2.05, 4.69) is 31.9 Å². The standard InChI is InChI=1S/C17H11Br2FO/c18-10-13-14(20)6-3-7-15(13)21-16-9-8-11-4-1-2-5-12(11)17(16)19/h1-9H,10H2. The molecule has 0 spiro atoms. The van der Waals surface area contributed by atoms with Crippen LogP contribution in [-0.2, 0) is 5.33 Å². The minimum atomic E-state index is -0.277. The van der Waals surface area contributed by atoms with Crippen LogP contribution in [0.4, 0.5) is 4.39 Å². The van der Waals surface area contributed by atoms with E-state index < -0.39 is 0 Å². The van der Waals surface area contributed by atoms with E-state index in [9.17, 15) is 4.39 Å². The summed E-state index contributed by atoms with van der Waals surface area (Å²) in [6.07, 6.45) is 0. The minimum absolute atomic E-state index is 0.277. The third kappa shape index (κ3) is 2.83. The molecule has 0 amide bonds. The Morgan fingerprint density at radius 2 is 1.71 bits per heavy atom. The van der Waals surface area contributed by atoms with Crippen molar-refractivity contribution >= 4 is 42.6 Å². The summed E-state index contributed by atoms with van der Waals surface area (Å²) >= 11 is 6.87. The van der Waals surface area contributed by atoms with E-state index in [1.54, 1.807) is 12.1 Å². The van der Waals surface area contributed by atoms with Crippen molar-refractivity contribution in [2.24, 2.45) is 0 Å². The predicted molar refractivity (Wildman–Crippen MR) is 90.8 cm³/mol. The van der Waals surface area contributed by atoms with Crippen LogP contribution in [-0.4, -0.2) is 0 Å².